The van der Waals surface area contributed by atoms with Crippen LogP contribution in [0.2, 0.25) is 0 Å². The molecule has 0 bridgehead atoms. The van der Waals surface area contributed by atoms with Crippen molar-refractivity contribution < 1.29 is 14.2 Å². The van der Waals surface area contributed by atoms with Gasteiger partial charge in [0.25, 0.3) is 0 Å². The van der Waals surface area contributed by atoms with E-state index < -0.39 is 5.60 Å². The molecule has 2 aromatic rings. The molecule has 4 rings (SSSR count). The first-order valence-electron chi connectivity index (χ1n) is 11.7. The van der Waals surface area contributed by atoms with Crippen molar-refractivity contribution in [1.29, 1.82) is 0 Å². The molecule has 2 aliphatic carbocycles. The Morgan fingerprint density at radius 3 is 2.42 bits per heavy atom. The van der Waals surface area contributed by atoms with Crippen molar-refractivity contribution >= 4 is 11.6 Å². The van der Waals surface area contributed by atoms with Gasteiger partial charge in [0.1, 0.15) is 18.1 Å². The third kappa shape index (κ3) is 4.32. The number of rotatable bonds is 6. The van der Waals surface area contributed by atoms with E-state index in [0.29, 0.717) is 0 Å². The van der Waals surface area contributed by atoms with Gasteiger partial charge in [0.15, 0.2) is 0 Å². The Hall–Kier alpha value is -2.62. The standard InChI is InChI=1S/C30H36O3/c1-20-11-12-21(2)27-18-24(17-26(20)27)30(33-19-31-6)13-9-8-10-28(30)22-14-23(29(3,4)5)16-25(15-22)32-7/h8-12,14-17H,13,18-19H2,1-7H3. The van der Waals surface area contributed by atoms with E-state index >= 15 is 0 Å². The molecule has 2 aliphatic rings. The van der Waals surface area contributed by atoms with E-state index in [0.717, 1.165) is 29.7 Å². The number of allylic oxidation sites excluding steroid dienone is 2. The number of benzene rings is 2. The lowest BCUT2D eigenvalue weighted by Gasteiger charge is -2.39. The van der Waals surface area contributed by atoms with Crippen molar-refractivity contribution in [3.63, 3.8) is 0 Å². The molecule has 0 saturated carbocycles. The zero-order chi connectivity index (χ0) is 23.8. The average Bonchev–Trinajstić information content (AvgIpc) is 3.27. The smallest absolute Gasteiger partial charge is 0.148 e. The summed E-state index contributed by atoms with van der Waals surface area (Å²) in [7, 11) is 3.42. The number of aryl methyl sites for hydroxylation is 2. The molecule has 3 heteroatoms. The number of ether oxygens (including phenoxy) is 3. The molecule has 0 aromatic heterocycles. The van der Waals surface area contributed by atoms with Crippen LogP contribution < -0.4 is 4.74 Å². The number of hydrogen-bond donors (Lipinski definition) is 0. The highest BCUT2D eigenvalue weighted by Crippen LogP contribution is 2.48. The van der Waals surface area contributed by atoms with Crippen LogP contribution >= 0.6 is 0 Å². The lowest BCUT2D eigenvalue weighted by Crippen LogP contribution is -2.38. The van der Waals surface area contributed by atoms with Crippen LogP contribution in [0.5, 0.6) is 5.75 Å². The lowest BCUT2D eigenvalue weighted by molar-refractivity contribution is -0.0866. The zero-order valence-corrected chi connectivity index (χ0v) is 21.0. The summed E-state index contributed by atoms with van der Waals surface area (Å²) in [6.07, 6.45) is 10.5. The molecule has 0 saturated heterocycles. The fraction of sp³-hybridized carbons (Fsp3) is 0.400. The number of methoxy groups -OCH3 is 2. The molecule has 0 radical (unpaired) electrons. The number of hydrogen-bond acceptors (Lipinski definition) is 3. The Morgan fingerprint density at radius 1 is 1.00 bits per heavy atom. The Balaban J connectivity index is 1.88. The molecule has 1 unspecified atom stereocenters. The second kappa shape index (κ2) is 8.96. The van der Waals surface area contributed by atoms with Gasteiger partial charge in [-0.2, -0.15) is 0 Å². The second-order valence-electron chi connectivity index (χ2n) is 10.2. The van der Waals surface area contributed by atoms with Gasteiger partial charge in [-0.05, 0) is 82.3 Å². The summed E-state index contributed by atoms with van der Waals surface area (Å²) in [5, 5.41) is 0. The molecule has 0 aliphatic heterocycles. The Labute approximate surface area is 198 Å². The van der Waals surface area contributed by atoms with E-state index in [1.54, 1.807) is 14.2 Å². The van der Waals surface area contributed by atoms with Gasteiger partial charge in [-0.3, -0.25) is 0 Å². The van der Waals surface area contributed by atoms with E-state index in [-0.39, 0.29) is 12.2 Å². The van der Waals surface area contributed by atoms with Gasteiger partial charge >= 0.3 is 0 Å². The zero-order valence-electron chi connectivity index (χ0n) is 21.0. The molecule has 0 heterocycles. The molecule has 0 fully saturated rings. The first kappa shape index (κ1) is 23.5. The van der Waals surface area contributed by atoms with Crippen LogP contribution in [0.4, 0.5) is 0 Å². The maximum Gasteiger partial charge on any atom is 0.148 e. The van der Waals surface area contributed by atoms with Crippen LogP contribution in [0.15, 0.2) is 54.1 Å². The summed E-state index contributed by atoms with van der Waals surface area (Å²) < 4.78 is 17.8. The van der Waals surface area contributed by atoms with Gasteiger partial charge in [-0.15, -0.1) is 0 Å². The van der Waals surface area contributed by atoms with E-state index in [9.17, 15) is 0 Å². The van der Waals surface area contributed by atoms with Crippen molar-refractivity contribution in [2.75, 3.05) is 21.0 Å². The van der Waals surface area contributed by atoms with Gasteiger partial charge in [-0.25, -0.2) is 0 Å². The van der Waals surface area contributed by atoms with Crippen LogP contribution in [-0.4, -0.2) is 26.6 Å². The first-order valence-corrected chi connectivity index (χ1v) is 11.7. The van der Waals surface area contributed by atoms with E-state index in [1.807, 2.05) is 0 Å². The topological polar surface area (TPSA) is 27.7 Å². The predicted octanol–water partition coefficient (Wildman–Crippen LogP) is 6.95. The molecular formula is C30H36O3. The Morgan fingerprint density at radius 2 is 1.76 bits per heavy atom. The van der Waals surface area contributed by atoms with Crippen molar-refractivity contribution in [2.24, 2.45) is 0 Å². The molecular weight excluding hydrogens is 408 g/mol. The summed E-state index contributed by atoms with van der Waals surface area (Å²) in [4.78, 5) is 0. The van der Waals surface area contributed by atoms with Crippen LogP contribution in [-0.2, 0) is 21.3 Å². The minimum absolute atomic E-state index is 0.00148. The summed E-state index contributed by atoms with van der Waals surface area (Å²) in [6, 6.07) is 11.0. The predicted molar refractivity (Wildman–Crippen MR) is 137 cm³/mol. The molecule has 0 amide bonds. The summed E-state index contributed by atoms with van der Waals surface area (Å²) >= 11 is 0. The van der Waals surface area contributed by atoms with Crippen molar-refractivity contribution in [1.82, 2.24) is 0 Å². The van der Waals surface area contributed by atoms with E-state index in [2.05, 4.69) is 89.3 Å². The SMILES string of the molecule is COCOC1(C2=Cc3c(C)ccc(C)c3C2)CC=CC=C1c1cc(OC)cc(C(C)(C)C)c1. The maximum atomic E-state index is 6.63. The molecule has 174 valence electrons. The van der Waals surface area contributed by atoms with Gasteiger partial charge in [0.05, 0.1) is 7.11 Å². The summed E-state index contributed by atoms with van der Waals surface area (Å²) in [5.41, 5.74) is 9.58. The minimum atomic E-state index is -0.593. The van der Waals surface area contributed by atoms with Gasteiger partial charge in [0, 0.05) is 13.5 Å². The van der Waals surface area contributed by atoms with E-state index in [1.165, 1.54) is 33.4 Å². The monoisotopic (exact) mass is 444 g/mol. The Bertz CT molecular complexity index is 1140. The molecule has 33 heavy (non-hydrogen) atoms. The average molecular weight is 445 g/mol. The largest absolute Gasteiger partial charge is 0.497 e. The second-order valence-corrected chi connectivity index (χ2v) is 10.2. The third-order valence-corrected chi connectivity index (χ3v) is 7.00. The van der Waals surface area contributed by atoms with Crippen LogP contribution in [0.3, 0.4) is 0 Å². The van der Waals surface area contributed by atoms with Gasteiger partial charge in [-0.1, -0.05) is 63.3 Å². The van der Waals surface area contributed by atoms with Crippen molar-refractivity contribution in [3.8, 4) is 5.75 Å². The molecule has 1 atom stereocenters. The molecule has 0 spiro atoms. The highest BCUT2D eigenvalue weighted by Gasteiger charge is 2.42. The normalized spacial score (nSPS) is 19.8. The highest BCUT2D eigenvalue weighted by molar-refractivity contribution is 5.84. The van der Waals surface area contributed by atoms with Crippen LogP contribution in [0, 0.1) is 13.8 Å². The fourth-order valence-electron chi connectivity index (χ4n) is 4.97. The highest BCUT2D eigenvalue weighted by atomic mass is 16.7. The molecule has 2 aromatic carbocycles. The summed E-state index contributed by atoms with van der Waals surface area (Å²) in [6.45, 7) is 11.3. The summed E-state index contributed by atoms with van der Waals surface area (Å²) in [5.74, 6) is 0.865. The quantitative estimate of drug-likeness (QED) is 0.451. The number of fused-ring (bicyclic) bond motifs is 1. The molecule has 0 N–H and O–H groups in total. The molecule has 3 nitrogen and oxygen atoms in total. The Kier molecular flexibility index (Phi) is 6.39. The minimum Gasteiger partial charge on any atom is -0.497 e. The van der Waals surface area contributed by atoms with E-state index in [4.69, 9.17) is 14.2 Å². The maximum absolute atomic E-state index is 6.63. The van der Waals surface area contributed by atoms with Crippen molar-refractivity contribution in [2.45, 2.75) is 58.5 Å². The van der Waals surface area contributed by atoms with Crippen LogP contribution in [0.1, 0.15) is 60.6 Å². The van der Waals surface area contributed by atoms with Crippen LogP contribution in [0.25, 0.3) is 11.6 Å². The first-order chi connectivity index (χ1) is 15.7. The third-order valence-electron chi connectivity index (χ3n) is 7.00. The van der Waals surface area contributed by atoms with Crippen molar-refractivity contribution in [3.05, 3.63) is 87.5 Å². The van der Waals surface area contributed by atoms with Gasteiger partial charge in [0.2, 0.25) is 0 Å². The van der Waals surface area contributed by atoms with Gasteiger partial charge < -0.3 is 14.2 Å². The fourth-order valence-corrected chi connectivity index (χ4v) is 4.97. The lowest BCUT2D eigenvalue weighted by atomic mass is 9.75.